The number of nitrogens with zero attached hydrogens (tertiary/aromatic N) is 3. The number of hydrogen-bond acceptors (Lipinski definition) is 6. The molecule has 1 aliphatic heterocycles. The molecule has 0 bridgehead atoms. The molecule has 3 aromatic carbocycles. The second kappa shape index (κ2) is 11.2. The number of aromatic nitrogens is 2. The topological polar surface area (TPSA) is 101 Å². The lowest BCUT2D eigenvalue weighted by Crippen LogP contribution is -2.37. The van der Waals surface area contributed by atoms with Gasteiger partial charge in [0.2, 0.25) is 0 Å². The highest BCUT2D eigenvalue weighted by molar-refractivity contribution is 6.04. The molecule has 5 rings (SSSR count). The van der Waals surface area contributed by atoms with Crippen LogP contribution in [0.5, 0.6) is 0 Å². The first-order valence-corrected chi connectivity index (χ1v) is 12.7. The molecule has 1 aliphatic rings. The van der Waals surface area contributed by atoms with Gasteiger partial charge in [0.15, 0.2) is 0 Å². The van der Waals surface area contributed by atoms with Crippen molar-refractivity contribution in [2.75, 3.05) is 25.0 Å². The Morgan fingerprint density at radius 3 is 2.32 bits per heavy atom. The minimum absolute atomic E-state index is 0.0301. The molecule has 1 aromatic heterocycles. The van der Waals surface area contributed by atoms with E-state index >= 15 is 0 Å². The van der Waals surface area contributed by atoms with Crippen LogP contribution < -0.4 is 5.32 Å². The van der Waals surface area contributed by atoms with Gasteiger partial charge < -0.3 is 15.0 Å². The van der Waals surface area contributed by atoms with E-state index in [-0.39, 0.29) is 11.8 Å². The molecule has 1 fully saturated rings. The Kier molecular flexibility index (Phi) is 7.40. The molecule has 0 atom stereocenters. The Hall–Kier alpha value is -4.59. The number of carbonyl (C=O) groups is 3. The van der Waals surface area contributed by atoms with Crippen molar-refractivity contribution in [3.8, 4) is 0 Å². The zero-order valence-electron chi connectivity index (χ0n) is 21.1. The van der Waals surface area contributed by atoms with Crippen LogP contribution in [-0.2, 0) is 4.74 Å². The first-order chi connectivity index (χ1) is 18.5. The molecule has 4 aromatic rings. The number of amides is 2. The maximum atomic E-state index is 13.1. The number of esters is 1. The zero-order chi connectivity index (χ0) is 26.5. The fourth-order valence-electron chi connectivity index (χ4n) is 4.73. The number of fused-ring (bicyclic) bond motifs is 1. The van der Waals surface area contributed by atoms with Gasteiger partial charge in [0.25, 0.3) is 11.8 Å². The quantitative estimate of drug-likeness (QED) is 0.365. The third-order valence-corrected chi connectivity index (χ3v) is 6.83. The first-order valence-electron chi connectivity index (χ1n) is 12.7. The van der Waals surface area contributed by atoms with E-state index in [9.17, 15) is 14.4 Å². The third-order valence-electron chi connectivity index (χ3n) is 6.83. The Balaban J connectivity index is 1.15. The van der Waals surface area contributed by atoms with Crippen LogP contribution in [0.3, 0.4) is 0 Å². The summed E-state index contributed by atoms with van der Waals surface area (Å²) in [6.45, 7) is 3.43. The number of carbonyl (C=O) groups excluding carboxylic acids is 3. The molecule has 0 unspecified atom stereocenters. The van der Waals surface area contributed by atoms with Crippen molar-refractivity contribution in [1.82, 2.24) is 14.9 Å². The molecule has 0 spiro atoms. The van der Waals surface area contributed by atoms with Crippen LogP contribution in [0.4, 0.5) is 5.69 Å². The maximum absolute atomic E-state index is 13.1. The average molecular weight is 509 g/mol. The monoisotopic (exact) mass is 508 g/mol. The number of piperidine rings is 1. The highest BCUT2D eigenvalue weighted by Gasteiger charge is 2.25. The maximum Gasteiger partial charge on any atom is 0.338 e. The molecule has 2 heterocycles. The molecule has 8 heteroatoms. The van der Waals surface area contributed by atoms with Crippen LogP contribution in [0.25, 0.3) is 10.9 Å². The predicted molar refractivity (Wildman–Crippen MR) is 144 cm³/mol. The van der Waals surface area contributed by atoms with E-state index in [1.165, 1.54) is 11.9 Å². The van der Waals surface area contributed by atoms with Crippen LogP contribution in [0, 0.1) is 0 Å². The van der Waals surface area contributed by atoms with Crippen molar-refractivity contribution < 1.29 is 19.1 Å². The van der Waals surface area contributed by atoms with Crippen LogP contribution in [0.15, 0.2) is 79.3 Å². The lowest BCUT2D eigenvalue weighted by molar-refractivity contribution is 0.0525. The van der Waals surface area contributed by atoms with Crippen LogP contribution >= 0.6 is 0 Å². The molecule has 192 valence electrons. The second-order valence-corrected chi connectivity index (χ2v) is 9.24. The van der Waals surface area contributed by atoms with E-state index in [4.69, 9.17) is 4.74 Å². The van der Waals surface area contributed by atoms with Crippen molar-refractivity contribution in [1.29, 1.82) is 0 Å². The first kappa shape index (κ1) is 25.1. The van der Waals surface area contributed by atoms with Crippen molar-refractivity contribution in [3.63, 3.8) is 0 Å². The molecule has 0 radical (unpaired) electrons. The SMILES string of the molecule is CCOC(=O)c1ccc(C(=O)Nc2ccc(C3CCN(C(=O)c4ccc5ncncc5c4)CC3)cc2)cc1. The van der Waals surface area contributed by atoms with Crippen molar-refractivity contribution >= 4 is 34.4 Å². The summed E-state index contributed by atoms with van der Waals surface area (Å²) in [5.41, 5.74) is 4.23. The van der Waals surface area contributed by atoms with E-state index in [1.54, 1.807) is 37.4 Å². The summed E-state index contributed by atoms with van der Waals surface area (Å²) in [4.78, 5) is 47.6. The summed E-state index contributed by atoms with van der Waals surface area (Å²) in [6.07, 6.45) is 4.98. The van der Waals surface area contributed by atoms with Gasteiger partial charge in [0.1, 0.15) is 6.33 Å². The summed E-state index contributed by atoms with van der Waals surface area (Å²) >= 11 is 0. The van der Waals surface area contributed by atoms with Crippen molar-refractivity contribution in [2.24, 2.45) is 0 Å². The molecular formula is C30H28N4O4. The minimum atomic E-state index is -0.408. The lowest BCUT2D eigenvalue weighted by Gasteiger charge is -2.32. The summed E-state index contributed by atoms with van der Waals surface area (Å²) in [5, 5.41) is 3.75. The highest BCUT2D eigenvalue weighted by atomic mass is 16.5. The summed E-state index contributed by atoms with van der Waals surface area (Å²) in [5.74, 6) is -0.277. The van der Waals surface area contributed by atoms with Gasteiger partial charge in [0, 0.05) is 41.5 Å². The molecule has 38 heavy (non-hydrogen) atoms. The number of benzene rings is 3. The fourth-order valence-corrected chi connectivity index (χ4v) is 4.73. The number of anilines is 1. The van der Waals surface area contributed by atoms with Gasteiger partial charge in [-0.1, -0.05) is 12.1 Å². The number of hydrogen-bond donors (Lipinski definition) is 1. The predicted octanol–water partition coefficient (Wildman–Crippen LogP) is 5.08. The largest absolute Gasteiger partial charge is 0.462 e. The van der Waals surface area contributed by atoms with Gasteiger partial charge in [-0.15, -0.1) is 0 Å². The van der Waals surface area contributed by atoms with Crippen LogP contribution in [0.1, 0.15) is 62.3 Å². The molecular weight excluding hydrogens is 480 g/mol. The summed E-state index contributed by atoms with van der Waals surface area (Å²) in [6, 6.07) is 19.8. The number of nitrogens with one attached hydrogen (secondary N) is 1. The smallest absolute Gasteiger partial charge is 0.338 e. The average Bonchev–Trinajstić information content (AvgIpc) is 2.97. The Morgan fingerprint density at radius 2 is 1.61 bits per heavy atom. The number of likely N-dealkylation sites (tertiary alicyclic amines) is 1. The standard InChI is InChI=1S/C30H28N4O4/c1-2-38-30(37)23-5-3-22(4-6-23)28(35)33-26-10-7-20(8-11-26)21-13-15-34(16-14-21)29(36)24-9-12-27-25(17-24)18-31-19-32-27/h3-12,17-19,21H,2,13-16H2,1H3,(H,33,35). The Bertz CT molecular complexity index is 1460. The van der Waals surface area contributed by atoms with Crippen molar-refractivity contribution in [2.45, 2.75) is 25.7 Å². The normalized spacial score (nSPS) is 13.8. The van der Waals surface area contributed by atoms with Gasteiger partial charge in [-0.2, -0.15) is 0 Å². The third kappa shape index (κ3) is 5.54. The Morgan fingerprint density at radius 1 is 0.921 bits per heavy atom. The Labute approximate surface area is 220 Å². The van der Waals surface area contributed by atoms with Gasteiger partial charge in [0.05, 0.1) is 17.7 Å². The van der Waals surface area contributed by atoms with E-state index < -0.39 is 5.97 Å². The summed E-state index contributed by atoms with van der Waals surface area (Å²) < 4.78 is 4.97. The van der Waals surface area contributed by atoms with Gasteiger partial charge in [-0.05, 0) is 85.8 Å². The summed E-state index contributed by atoms with van der Waals surface area (Å²) in [7, 11) is 0. The number of ether oxygens (including phenoxy) is 1. The van der Waals surface area contributed by atoms with E-state index in [0.29, 0.717) is 48.0 Å². The van der Waals surface area contributed by atoms with E-state index in [0.717, 1.165) is 23.7 Å². The van der Waals surface area contributed by atoms with E-state index in [1.807, 2.05) is 47.4 Å². The lowest BCUT2D eigenvalue weighted by atomic mass is 9.89. The second-order valence-electron chi connectivity index (χ2n) is 9.24. The van der Waals surface area contributed by atoms with Crippen LogP contribution in [-0.4, -0.2) is 52.3 Å². The molecule has 1 N–H and O–H groups in total. The molecule has 1 saturated heterocycles. The van der Waals surface area contributed by atoms with Gasteiger partial charge in [-0.25, -0.2) is 14.8 Å². The number of rotatable bonds is 6. The molecule has 0 saturated carbocycles. The van der Waals surface area contributed by atoms with Crippen molar-refractivity contribution in [3.05, 3.63) is 102 Å². The minimum Gasteiger partial charge on any atom is -0.462 e. The van der Waals surface area contributed by atoms with Gasteiger partial charge in [-0.3, -0.25) is 9.59 Å². The molecule has 0 aliphatic carbocycles. The highest BCUT2D eigenvalue weighted by Crippen LogP contribution is 2.30. The van der Waals surface area contributed by atoms with E-state index in [2.05, 4.69) is 15.3 Å². The van der Waals surface area contributed by atoms with Gasteiger partial charge >= 0.3 is 5.97 Å². The molecule has 8 nitrogen and oxygen atoms in total. The van der Waals surface area contributed by atoms with Crippen LogP contribution in [0.2, 0.25) is 0 Å². The fraction of sp³-hybridized carbons (Fsp3) is 0.233. The zero-order valence-corrected chi connectivity index (χ0v) is 21.1. The molecule has 2 amide bonds.